The second kappa shape index (κ2) is 8.49. The summed E-state index contributed by atoms with van der Waals surface area (Å²) in [4.78, 5) is 13.7. The van der Waals surface area contributed by atoms with Gasteiger partial charge in [0.1, 0.15) is 6.04 Å². The normalized spacial score (nSPS) is 12.0. The van der Waals surface area contributed by atoms with Crippen molar-refractivity contribution in [3.05, 3.63) is 86.6 Å². The topological polar surface area (TPSA) is 45.7 Å². The lowest BCUT2D eigenvalue weighted by atomic mass is 10.0. The van der Waals surface area contributed by atoms with Crippen LogP contribution in [0.25, 0.3) is 0 Å². The number of rotatable bonds is 6. The van der Waals surface area contributed by atoms with E-state index in [9.17, 15) is 4.79 Å². The molecular formula is C21H22ClN2OS+. The zero-order chi connectivity index (χ0) is 18.5. The van der Waals surface area contributed by atoms with Crippen molar-refractivity contribution in [2.45, 2.75) is 19.9 Å². The molecule has 0 radical (unpaired) electrons. The molecule has 0 aliphatic carbocycles. The number of halogens is 1. The van der Waals surface area contributed by atoms with Crippen LogP contribution >= 0.6 is 22.9 Å². The molecule has 0 aliphatic rings. The predicted molar refractivity (Wildman–Crippen MR) is 109 cm³/mol. The number of nitrogens with two attached hydrogens (primary N) is 1. The van der Waals surface area contributed by atoms with E-state index < -0.39 is 0 Å². The molecule has 3 rings (SSSR count). The summed E-state index contributed by atoms with van der Waals surface area (Å²) >= 11 is 7.69. The van der Waals surface area contributed by atoms with Gasteiger partial charge < -0.3 is 10.6 Å². The van der Waals surface area contributed by atoms with Crippen LogP contribution in [0.4, 0.5) is 5.69 Å². The van der Waals surface area contributed by atoms with Gasteiger partial charge in [0.2, 0.25) is 0 Å². The fourth-order valence-electron chi connectivity index (χ4n) is 2.85. The Bertz CT molecular complexity index is 876. The molecule has 0 saturated carbocycles. The van der Waals surface area contributed by atoms with Crippen LogP contribution in [0.3, 0.4) is 0 Å². The number of aryl methyl sites for hydroxylation is 2. The van der Waals surface area contributed by atoms with E-state index in [1.54, 1.807) is 17.4 Å². The highest BCUT2D eigenvalue weighted by atomic mass is 35.5. The Hall–Kier alpha value is -2.14. The van der Waals surface area contributed by atoms with Crippen molar-refractivity contribution in [1.82, 2.24) is 0 Å². The lowest BCUT2D eigenvalue weighted by Gasteiger charge is -2.15. The summed E-state index contributed by atoms with van der Waals surface area (Å²) in [6.07, 6.45) is 0. The lowest BCUT2D eigenvalue weighted by Crippen LogP contribution is -2.87. The summed E-state index contributed by atoms with van der Waals surface area (Å²) in [5.74, 6) is -0.0240. The minimum Gasteiger partial charge on any atom is -0.328 e. The highest BCUT2D eigenvalue weighted by Crippen LogP contribution is 2.23. The van der Waals surface area contributed by atoms with E-state index in [-0.39, 0.29) is 11.9 Å². The number of hydrogen-bond donors (Lipinski definition) is 2. The van der Waals surface area contributed by atoms with Crippen molar-refractivity contribution < 1.29 is 10.1 Å². The molecule has 3 nitrogen and oxygen atoms in total. The number of benzene rings is 2. The molecule has 0 fully saturated rings. The first-order valence-corrected chi connectivity index (χ1v) is 9.78. The molecule has 1 aromatic heterocycles. The predicted octanol–water partition coefficient (Wildman–Crippen LogP) is 4.31. The Balaban J connectivity index is 1.69. The molecule has 1 amide bonds. The quantitative estimate of drug-likeness (QED) is 0.652. The number of carbonyl (C=O) groups is 1. The van der Waals surface area contributed by atoms with Gasteiger partial charge in [0.15, 0.2) is 6.54 Å². The molecule has 0 saturated heterocycles. The molecule has 26 heavy (non-hydrogen) atoms. The second-order valence-corrected chi connectivity index (χ2v) is 7.77. The zero-order valence-electron chi connectivity index (χ0n) is 14.8. The number of carbonyl (C=O) groups excluding carboxylic acids is 1. The number of quaternary nitrogens is 1. The van der Waals surface area contributed by atoms with E-state index in [2.05, 4.69) is 53.3 Å². The van der Waals surface area contributed by atoms with Gasteiger partial charge in [-0.15, -0.1) is 11.3 Å². The summed E-state index contributed by atoms with van der Waals surface area (Å²) in [6.45, 7) is 4.36. The largest absolute Gasteiger partial charge is 0.328 e. The summed E-state index contributed by atoms with van der Waals surface area (Å²) in [5.41, 5.74) is 4.19. The lowest BCUT2D eigenvalue weighted by molar-refractivity contribution is -0.675. The van der Waals surface area contributed by atoms with E-state index in [1.807, 2.05) is 25.1 Å². The third-order valence-corrected chi connectivity index (χ3v) is 5.48. The molecule has 1 heterocycles. The maximum atomic E-state index is 12.4. The van der Waals surface area contributed by atoms with Gasteiger partial charge in [0, 0.05) is 16.3 Å². The average Bonchev–Trinajstić information content (AvgIpc) is 3.13. The minimum atomic E-state index is -0.0240. The summed E-state index contributed by atoms with van der Waals surface area (Å²) in [5, 5.41) is 7.80. The van der Waals surface area contributed by atoms with Crippen LogP contribution in [0.2, 0.25) is 5.02 Å². The van der Waals surface area contributed by atoms with Crippen molar-refractivity contribution in [2.24, 2.45) is 0 Å². The van der Waals surface area contributed by atoms with E-state index in [1.165, 1.54) is 16.0 Å². The Morgan fingerprint density at radius 3 is 2.58 bits per heavy atom. The van der Waals surface area contributed by atoms with Crippen LogP contribution < -0.4 is 10.6 Å². The van der Waals surface area contributed by atoms with Gasteiger partial charge in [0.25, 0.3) is 5.91 Å². The summed E-state index contributed by atoms with van der Waals surface area (Å²) < 4.78 is 0. The van der Waals surface area contributed by atoms with Crippen LogP contribution in [-0.4, -0.2) is 12.5 Å². The van der Waals surface area contributed by atoms with Gasteiger partial charge in [-0.1, -0.05) is 47.5 Å². The van der Waals surface area contributed by atoms with E-state index in [0.717, 1.165) is 11.3 Å². The first-order valence-electron chi connectivity index (χ1n) is 8.52. The van der Waals surface area contributed by atoms with Crippen molar-refractivity contribution in [3.63, 3.8) is 0 Å². The van der Waals surface area contributed by atoms with Crippen LogP contribution in [-0.2, 0) is 4.79 Å². The van der Waals surface area contributed by atoms with Gasteiger partial charge in [-0.2, -0.15) is 0 Å². The minimum absolute atomic E-state index is 0.0240. The van der Waals surface area contributed by atoms with Crippen LogP contribution in [0, 0.1) is 13.8 Å². The fraction of sp³-hybridized carbons (Fsp3) is 0.190. The van der Waals surface area contributed by atoms with Gasteiger partial charge >= 0.3 is 0 Å². The average molecular weight is 386 g/mol. The maximum Gasteiger partial charge on any atom is 0.279 e. The smallest absolute Gasteiger partial charge is 0.279 e. The number of hydrogen-bond acceptors (Lipinski definition) is 2. The molecule has 2 aromatic carbocycles. The van der Waals surface area contributed by atoms with E-state index >= 15 is 0 Å². The summed E-state index contributed by atoms with van der Waals surface area (Å²) in [7, 11) is 0. The van der Waals surface area contributed by atoms with Crippen LogP contribution in [0.5, 0.6) is 0 Å². The van der Waals surface area contributed by atoms with Gasteiger partial charge in [-0.05, 0) is 49.1 Å². The number of amides is 1. The third-order valence-electron chi connectivity index (χ3n) is 4.29. The first-order chi connectivity index (χ1) is 12.5. The fourth-order valence-corrected chi connectivity index (χ4v) is 3.93. The van der Waals surface area contributed by atoms with Gasteiger partial charge in [-0.3, -0.25) is 4.79 Å². The molecule has 0 bridgehead atoms. The Labute approximate surface area is 163 Å². The number of anilines is 1. The highest BCUT2D eigenvalue weighted by Gasteiger charge is 2.20. The second-order valence-electron chi connectivity index (χ2n) is 6.35. The molecule has 1 atom stereocenters. The standard InChI is InChI=1S/C21H21ClN2OS/c1-14-5-7-16(8-6-14)21(19-4-3-11-26-19)23-13-20(25)24-18-10-9-17(22)12-15(18)2/h3-12,21,23H,13H2,1-2H3,(H,24,25)/p+1/t21-/m0/s1. The van der Waals surface area contributed by atoms with Crippen molar-refractivity contribution in [1.29, 1.82) is 0 Å². The van der Waals surface area contributed by atoms with Crippen LogP contribution in [0.1, 0.15) is 27.6 Å². The van der Waals surface area contributed by atoms with Crippen LogP contribution in [0.15, 0.2) is 60.0 Å². The van der Waals surface area contributed by atoms with Crippen molar-refractivity contribution >= 4 is 34.5 Å². The maximum absolute atomic E-state index is 12.4. The van der Waals surface area contributed by atoms with Gasteiger partial charge in [-0.25, -0.2) is 0 Å². The molecule has 0 aliphatic heterocycles. The SMILES string of the molecule is Cc1ccc([C@H]([NH2+]CC(=O)Nc2ccc(Cl)cc2C)c2cccs2)cc1. The molecular weight excluding hydrogens is 364 g/mol. The van der Waals surface area contributed by atoms with E-state index in [4.69, 9.17) is 11.6 Å². The van der Waals surface area contributed by atoms with Gasteiger partial charge in [0.05, 0.1) is 4.88 Å². The third kappa shape index (κ3) is 4.73. The Kier molecular flexibility index (Phi) is 6.09. The number of thiophene rings is 1. The Morgan fingerprint density at radius 2 is 1.92 bits per heavy atom. The molecule has 134 valence electrons. The highest BCUT2D eigenvalue weighted by molar-refractivity contribution is 7.10. The monoisotopic (exact) mass is 385 g/mol. The molecule has 5 heteroatoms. The zero-order valence-corrected chi connectivity index (χ0v) is 16.4. The van der Waals surface area contributed by atoms with E-state index in [0.29, 0.717) is 11.6 Å². The molecule has 3 aromatic rings. The summed E-state index contributed by atoms with van der Waals surface area (Å²) in [6, 6.07) is 18.3. The van der Waals surface area contributed by atoms with Crippen molar-refractivity contribution in [2.75, 3.05) is 11.9 Å². The molecule has 0 spiro atoms. The Morgan fingerprint density at radius 1 is 1.15 bits per heavy atom. The van der Waals surface area contributed by atoms with Crippen molar-refractivity contribution in [3.8, 4) is 0 Å². The number of nitrogens with one attached hydrogen (secondary N) is 1. The molecule has 0 unspecified atom stereocenters. The first kappa shape index (κ1) is 18.6. The molecule has 3 N–H and O–H groups in total.